The molecule has 0 bridgehead atoms. The number of carbonyl (C=O) groups is 3. The summed E-state index contributed by atoms with van der Waals surface area (Å²) >= 11 is 0. The van der Waals surface area contributed by atoms with Crippen LogP contribution in [0.5, 0.6) is 17.2 Å². The molecule has 3 rings (SSSR count). The zero-order chi connectivity index (χ0) is 41.9. The molecule has 0 aromatic heterocycles. The van der Waals surface area contributed by atoms with Crippen LogP contribution in [-0.4, -0.2) is 55.9 Å². The van der Waals surface area contributed by atoms with Crippen LogP contribution in [0.3, 0.4) is 0 Å². The number of allylic oxidation sites excluding steroid dienone is 3. The van der Waals surface area contributed by atoms with E-state index in [0.29, 0.717) is 43.8 Å². The van der Waals surface area contributed by atoms with Gasteiger partial charge in [-0.2, -0.15) is 13.2 Å². The molecule has 1 N–H and O–H groups in total. The van der Waals surface area contributed by atoms with Crippen LogP contribution in [0, 0.1) is 16.0 Å². The summed E-state index contributed by atoms with van der Waals surface area (Å²) in [7, 11) is 1.41. The summed E-state index contributed by atoms with van der Waals surface area (Å²) in [6, 6.07) is 8.91. The van der Waals surface area contributed by atoms with Crippen LogP contribution in [0.15, 0.2) is 72.8 Å². The molecule has 0 spiro atoms. The Bertz CT molecular complexity index is 1620. The fourth-order valence-corrected chi connectivity index (χ4v) is 5.52. The largest absolute Gasteiger partial charge is 0.493 e. The highest BCUT2D eigenvalue weighted by atomic mass is 19.4. The van der Waals surface area contributed by atoms with Gasteiger partial charge in [0.25, 0.3) is 5.09 Å². The summed E-state index contributed by atoms with van der Waals surface area (Å²) < 4.78 is 58.8. The molecule has 314 valence electrons. The van der Waals surface area contributed by atoms with E-state index < -0.39 is 34.8 Å². The number of methoxy groups -OCH3 is 1. The highest BCUT2D eigenvalue weighted by molar-refractivity contribution is 5.87. The number of carbonyl (C=O) groups excluding carboxylic acids is 3. The normalized spacial score (nSPS) is 14.0. The Morgan fingerprint density at radius 1 is 0.947 bits per heavy atom. The highest BCUT2D eigenvalue weighted by Crippen LogP contribution is 2.32. The second-order valence-electron chi connectivity index (χ2n) is 13.2. The predicted octanol–water partition coefficient (Wildman–Crippen LogP) is 9.40. The number of ether oxygens (including phenoxy) is 4. The number of amides is 1. The third-order valence-electron chi connectivity index (χ3n) is 8.55. The summed E-state index contributed by atoms with van der Waals surface area (Å²) in [5.74, 6) is -0.0737. The number of nitrogens with one attached hydrogen (secondary N) is 1. The van der Waals surface area contributed by atoms with Gasteiger partial charge in [0, 0.05) is 12.5 Å². The topological polar surface area (TPSA) is 153 Å². The number of hydrogen-bond donors (Lipinski definition) is 1. The first kappa shape index (κ1) is 47.8. The van der Waals surface area contributed by atoms with Gasteiger partial charge in [0.15, 0.2) is 11.5 Å². The lowest BCUT2D eigenvalue weighted by Crippen LogP contribution is -2.40. The molecule has 1 atom stereocenters. The second kappa shape index (κ2) is 27.3. The highest BCUT2D eigenvalue weighted by Gasteiger charge is 2.30. The Kier molecular flexibility index (Phi) is 22.9. The third kappa shape index (κ3) is 21.5. The van der Waals surface area contributed by atoms with E-state index >= 15 is 0 Å². The van der Waals surface area contributed by atoms with Crippen molar-refractivity contribution >= 4 is 23.9 Å². The summed E-state index contributed by atoms with van der Waals surface area (Å²) in [6.07, 6.45) is 17.8. The molecular weight excluding hydrogens is 749 g/mol. The zero-order valence-electron chi connectivity index (χ0n) is 32.9. The number of esters is 2. The molecular formula is C42H55F3N2O10. The fourth-order valence-electron chi connectivity index (χ4n) is 5.52. The van der Waals surface area contributed by atoms with Gasteiger partial charge in [-0.15, -0.1) is 10.1 Å². The number of unbranched alkanes of at least 4 members (excludes halogenated alkanes) is 2. The van der Waals surface area contributed by atoms with Crippen molar-refractivity contribution in [2.24, 2.45) is 5.92 Å². The summed E-state index contributed by atoms with van der Waals surface area (Å²) in [5.41, 5.74) is -0.0699. The average molecular weight is 805 g/mol. The fraction of sp³-hybridized carbons (Fsp3) is 0.500. The third-order valence-corrected chi connectivity index (χ3v) is 8.55. The Labute approximate surface area is 332 Å². The molecule has 1 aliphatic rings. The van der Waals surface area contributed by atoms with Crippen molar-refractivity contribution in [1.82, 2.24) is 5.32 Å². The zero-order valence-corrected chi connectivity index (χ0v) is 32.9. The molecule has 0 radical (unpaired) electrons. The SMILES string of the molecule is C/C=C\CCCC(=O)NC(C)C(=O)Oc1ccc(/C=C/C(=O)OCCCCO[N+](=O)[O-])cc1OC.FC(F)(F)c1cccc(OCC/C=C/C2CCCCCC2)c1. The van der Waals surface area contributed by atoms with Gasteiger partial charge in [-0.1, -0.05) is 62.1 Å². The Hall–Kier alpha value is -5.34. The lowest BCUT2D eigenvalue weighted by molar-refractivity contribution is -0.757. The van der Waals surface area contributed by atoms with E-state index in [9.17, 15) is 37.7 Å². The maximum atomic E-state index is 12.6. The van der Waals surface area contributed by atoms with Crippen LogP contribution in [0.1, 0.15) is 102 Å². The van der Waals surface area contributed by atoms with Gasteiger partial charge in [0.1, 0.15) is 11.8 Å². The van der Waals surface area contributed by atoms with Gasteiger partial charge in [-0.05, 0) is 107 Å². The summed E-state index contributed by atoms with van der Waals surface area (Å²) in [4.78, 5) is 50.3. The van der Waals surface area contributed by atoms with Gasteiger partial charge in [0.05, 0.1) is 32.5 Å². The Morgan fingerprint density at radius 3 is 2.37 bits per heavy atom. The van der Waals surface area contributed by atoms with Crippen molar-refractivity contribution in [3.05, 3.63) is 94.1 Å². The molecule has 2 aromatic rings. The van der Waals surface area contributed by atoms with Crippen LogP contribution in [0.2, 0.25) is 0 Å². The number of alkyl halides is 3. The van der Waals surface area contributed by atoms with Gasteiger partial charge < -0.3 is 29.1 Å². The van der Waals surface area contributed by atoms with E-state index in [1.165, 1.54) is 76.8 Å². The molecule has 2 aromatic carbocycles. The minimum atomic E-state index is -4.32. The first-order valence-electron chi connectivity index (χ1n) is 19.2. The molecule has 0 aliphatic heterocycles. The van der Waals surface area contributed by atoms with Gasteiger partial charge in [-0.25, -0.2) is 9.59 Å². The molecule has 12 nitrogen and oxygen atoms in total. The van der Waals surface area contributed by atoms with Gasteiger partial charge in [-0.3, -0.25) is 4.79 Å². The Morgan fingerprint density at radius 2 is 1.68 bits per heavy atom. The lowest BCUT2D eigenvalue weighted by atomic mass is 10.00. The van der Waals surface area contributed by atoms with Crippen LogP contribution in [-0.2, 0) is 30.1 Å². The van der Waals surface area contributed by atoms with Crippen molar-refractivity contribution in [3.8, 4) is 17.2 Å². The monoisotopic (exact) mass is 804 g/mol. The van der Waals surface area contributed by atoms with Crippen molar-refractivity contribution in [2.75, 3.05) is 26.9 Å². The summed E-state index contributed by atoms with van der Waals surface area (Å²) in [6.45, 7) is 3.91. The van der Waals surface area contributed by atoms with Crippen LogP contribution < -0.4 is 19.5 Å². The number of hydrogen-bond acceptors (Lipinski definition) is 10. The van der Waals surface area contributed by atoms with E-state index in [0.717, 1.165) is 25.0 Å². The predicted molar refractivity (Wildman–Crippen MR) is 209 cm³/mol. The molecule has 15 heteroatoms. The molecule has 1 unspecified atom stereocenters. The number of halogens is 3. The summed E-state index contributed by atoms with van der Waals surface area (Å²) in [5, 5.41) is 11.8. The average Bonchev–Trinajstić information content (AvgIpc) is 3.46. The van der Waals surface area contributed by atoms with Gasteiger partial charge in [0.2, 0.25) is 5.91 Å². The lowest BCUT2D eigenvalue weighted by Gasteiger charge is -2.15. The minimum absolute atomic E-state index is 0.0564. The van der Waals surface area contributed by atoms with E-state index in [2.05, 4.69) is 22.3 Å². The molecule has 0 saturated heterocycles. The first-order chi connectivity index (χ1) is 27.3. The van der Waals surface area contributed by atoms with Crippen LogP contribution >= 0.6 is 0 Å². The van der Waals surface area contributed by atoms with Crippen molar-refractivity contribution in [3.63, 3.8) is 0 Å². The molecule has 57 heavy (non-hydrogen) atoms. The maximum absolute atomic E-state index is 12.6. The smallest absolute Gasteiger partial charge is 0.416 e. The molecule has 1 saturated carbocycles. The number of nitrogens with zero attached hydrogens (tertiary/aromatic N) is 1. The number of benzene rings is 2. The molecule has 1 aliphatic carbocycles. The van der Waals surface area contributed by atoms with Crippen LogP contribution in [0.4, 0.5) is 13.2 Å². The van der Waals surface area contributed by atoms with Crippen molar-refractivity contribution < 1.29 is 56.4 Å². The minimum Gasteiger partial charge on any atom is -0.493 e. The van der Waals surface area contributed by atoms with Crippen LogP contribution in [0.25, 0.3) is 6.08 Å². The quantitative estimate of drug-likeness (QED) is 0.0189. The Balaban J connectivity index is 0.000000435. The maximum Gasteiger partial charge on any atom is 0.416 e. The molecule has 1 fully saturated rings. The van der Waals surface area contributed by atoms with Crippen molar-refractivity contribution in [2.45, 2.75) is 103 Å². The second-order valence-corrected chi connectivity index (χ2v) is 13.2. The van der Waals surface area contributed by atoms with Crippen molar-refractivity contribution in [1.29, 1.82) is 0 Å². The molecule has 0 heterocycles. The van der Waals surface area contributed by atoms with Gasteiger partial charge >= 0.3 is 18.1 Å². The standard InChI is InChI=1S/C24H32N2O9.C18H23F3O/c1-4-5-6-7-10-22(27)25-18(2)24(29)35-20-13-11-19(17-21(20)32-3)12-14-23(28)33-15-8-9-16-34-26(30)31;19-18(20,21)16-11-7-12-17(14-16)22-13-6-5-10-15-8-3-1-2-4-9-15/h4-5,11-14,17-18H,6-10,15-16H2,1-3H3,(H,25,27);5,7,10-12,14-15H,1-4,6,8-9,13H2/b5-4-,14-12+;10-5+. The van der Waals surface area contributed by atoms with E-state index in [4.69, 9.17) is 18.9 Å². The number of rotatable bonds is 21. The van der Waals surface area contributed by atoms with E-state index in [-0.39, 0.29) is 36.4 Å². The van der Waals surface area contributed by atoms with E-state index in [1.807, 2.05) is 19.1 Å². The first-order valence-corrected chi connectivity index (χ1v) is 19.2. The molecule has 1 amide bonds. The van der Waals surface area contributed by atoms with E-state index in [1.54, 1.807) is 18.2 Å².